The second kappa shape index (κ2) is 8.63. The molecule has 4 unspecified atom stereocenters. The quantitative estimate of drug-likeness (QED) is 0.627. The topological polar surface area (TPSA) is 55.4 Å². The average Bonchev–Trinajstić information content (AvgIpc) is 2.72. The van der Waals surface area contributed by atoms with Gasteiger partial charge < -0.3 is 10.1 Å². The normalized spacial score (nSPS) is 28.1. The Labute approximate surface area is 179 Å². The molecule has 2 bridgehead atoms. The number of ketones is 1. The lowest BCUT2D eigenvalue weighted by Crippen LogP contribution is -2.47. The van der Waals surface area contributed by atoms with E-state index in [-0.39, 0.29) is 24.2 Å². The van der Waals surface area contributed by atoms with Crippen LogP contribution in [0.3, 0.4) is 0 Å². The molecular formula is C26H31NO3. The van der Waals surface area contributed by atoms with Crippen molar-refractivity contribution in [2.24, 2.45) is 17.8 Å². The summed E-state index contributed by atoms with van der Waals surface area (Å²) in [6.45, 7) is 4.11. The first-order chi connectivity index (χ1) is 14.4. The molecule has 1 N–H and O–H groups in total. The fraction of sp³-hybridized carbons (Fsp3) is 0.462. The van der Waals surface area contributed by atoms with E-state index in [1.165, 1.54) is 0 Å². The van der Waals surface area contributed by atoms with Crippen LogP contribution in [0.1, 0.15) is 51.5 Å². The van der Waals surface area contributed by atoms with Gasteiger partial charge in [-0.15, -0.1) is 0 Å². The van der Waals surface area contributed by atoms with Crippen molar-refractivity contribution < 1.29 is 14.3 Å². The minimum absolute atomic E-state index is 0.0589. The molecule has 0 aromatic heterocycles. The van der Waals surface area contributed by atoms with Crippen LogP contribution in [0, 0.1) is 17.8 Å². The molecule has 0 heterocycles. The molecule has 2 aliphatic carbocycles. The maximum absolute atomic E-state index is 12.7. The van der Waals surface area contributed by atoms with Crippen LogP contribution in [-0.2, 0) is 20.7 Å². The van der Waals surface area contributed by atoms with Gasteiger partial charge in [0.2, 0.25) is 0 Å². The molecule has 2 aromatic rings. The number of ether oxygens (including phenoxy) is 1. The van der Waals surface area contributed by atoms with Gasteiger partial charge in [-0.05, 0) is 74.8 Å². The molecule has 4 nitrogen and oxygen atoms in total. The minimum Gasteiger partial charge on any atom is -0.459 e. The van der Waals surface area contributed by atoms with E-state index in [1.54, 1.807) is 0 Å². The molecule has 0 radical (unpaired) electrons. The maximum Gasteiger partial charge on any atom is 0.310 e. The molecule has 0 spiro atoms. The largest absolute Gasteiger partial charge is 0.459 e. The number of fused-ring (bicyclic) bond motifs is 2. The summed E-state index contributed by atoms with van der Waals surface area (Å²) in [5, 5.41) is 3.34. The second-order valence-electron chi connectivity index (χ2n) is 9.24. The Hall–Kier alpha value is -2.62. The Morgan fingerprint density at radius 1 is 1.03 bits per heavy atom. The van der Waals surface area contributed by atoms with Crippen LogP contribution >= 0.6 is 0 Å². The van der Waals surface area contributed by atoms with Gasteiger partial charge in [-0.3, -0.25) is 9.59 Å². The number of anilines is 2. The van der Waals surface area contributed by atoms with E-state index in [1.807, 2.05) is 61.5 Å². The number of rotatable bonds is 6. The molecule has 2 aliphatic rings. The predicted octanol–water partition coefficient (Wildman–Crippen LogP) is 5.69. The smallest absolute Gasteiger partial charge is 0.310 e. The first kappa shape index (κ1) is 20.6. The van der Waals surface area contributed by atoms with Crippen LogP contribution in [0.5, 0.6) is 0 Å². The predicted molar refractivity (Wildman–Crippen MR) is 119 cm³/mol. The first-order valence-electron chi connectivity index (χ1n) is 11.1. The van der Waals surface area contributed by atoms with Gasteiger partial charge in [0.15, 0.2) is 0 Å². The van der Waals surface area contributed by atoms with Crippen LogP contribution in [0.4, 0.5) is 11.4 Å². The molecule has 30 heavy (non-hydrogen) atoms. The van der Waals surface area contributed by atoms with E-state index in [9.17, 15) is 9.59 Å². The Balaban J connectivity index is 1.34. The van der Waals surface area contributed by atoms with Crippen LogP contribution in [0.15, 0.2) is 54.6 Å². The number of hydrogen-bond donors (Lipinski definition) is 1. The number of Topliss-reactive ketones (excluding diaryl/α,β-unsaturated/α-hetero) is 1. The first-order valence-corrected chi connectivity index (χ1v) is 11.1. The molecular weight excluding hydrogens is 374 g/mol. The third kappa shape index (κ3) is 4.75. The van der Waals surface area contributed by atoms with E-state index in [0.29, 0.717) is 18.1 Å². The van der Waals surface area contributed by atoms with Crippen molar-refractivity contribution in [3.63, 3.8) is 0 Å². The summed E-state index contributed by atoms with van der Waals surface area (Å²) in [5.74, 6) is 0.936. The lowest BCUT2D eigenvalue weighted by Gasteiger charge is -2.46. The number of nitrogens with one attached hydrogen (secondary N) is 1. The fourth-order valence-corrected chi connectivity index (χ4v) is 5.36. The Morgan fingerprint density at radius 3 is 2.43 bits per heavy atom. The molecule has 0 saturated heterocycles. The zero-order valence-corrected chi connectivity index (χ0v) is 17.9. The summed E-state index contributed by atoms with van der Waals surface area (Å²) in [6.07, 6.45) is 4.65. The van der Waals surface area contributed by atoms with Crippen LogP contribution < -0.4 is 5.32 Å². The Bertz CT molecular complexity index is 892. The van der Waals surface area contributed by atoms with Crippen molar-refractivity contribution in [3.8, 4) is 0 Å². The third-order valence-electron chi connectivity index (χ3n) is 6.66. The number of carbonyl (C=O) groups excluding carboxylic acids is 2. The standard InChI is InChI=1S/C26H31NO3/c1-3-20-13-19-14-21(25(20)29)17-26(2,16-19)30-24(28)15-18-9-11-23(12-10-18)27-22-7-5-4-6-8-22/h4-12,19-21,27H,3,13-17H2,1-2H3. The van der Waals surface area contributed by atoms with Crippen molar-refractivity contribution in [3.05, 3.63) is 60.2 Å². The van der Waals surface area contributed by atoms with Gasteiger partial charge in [0.1, 0.15) is 11.4 Å². The highest BCUT2D eigenvalue weighted by Crippen LogP contribution is 2.47. The molecule has 2 saturated carbocycles. The number of para-hydroxylation sites is 1. The van der Waals surface area contributed by atoms with Crippen molar-refractivity contribution >= 4 is 23.1 Å². The van der Waals surface area contributed by atoms with Crippen molar-refractivity contribution in [2.45, 2.75) is 58.0 Å². The second-order valence-corrected chi connectivity index (χ2v) is 9.24. The summed E-state index contributed by atoms with van der Waals surface area (Å²) in [7, 11) is 0. The summed E-state index contributed by atoms with van der Waals surface area (Å²) in [4.78, 5) is 25.3. The summed E-state index contributed by atoms with van der Waals surface area (Å²) in [5.41, 5.74) is 2.42. The Morgan fingerprint density at radius 2 is 1.73 bits per heavy atom. The molecule has 158 valence electrons. The van der Waals surface area contributed by atoms with Crippen LogP contribution in [0.25, 0.3) is 0 Å². The lowest BCUT2D eigenvalue weighted by molar-refractivity contribution is -0.169. The summed E-state index contributed by atoms with van der Waals surface area (Å²) >= 11 is 0. The van der Waals surface area contributed by atoms with E-state index in [4.69, 9.17) is 4.74 Å². The van der Waals surface area contributed by atoms with E-state index < -0.39 is 5.60 Å². The van der Waals surface area contributed by atoms with E-state index in [2.05, 4.69) is 12.2 Å². The van der Waals surface area contributed by atoms with Gasteiger partial charge >= 0.3 is 5.97 Å². The van der Waals surface area contributed by atoms with Gasteiger partial charge in [0, 0.05) is 23.2 Å². The highest BCUT2D eigenvalue weighted by atomic mass is 16.6. The van der Waals surface area contributed by atoms with Crippen molar-refractivity contribution in [1.29, 1.82) is 0 Å². The molecule has 0 aliphatic heterocycles. The molecule has 4 heteroatoms. The van der Waals surface area contributed by atoms with Gasteiger partial charge in [0.25, 0.3) is 0 Å². The van der Waals surface area contributed by atoms with Gasteiger partial charge in [-0.1, -0.05) is 37.3 Å². The van der Waals surface area contributed by atoms with Gasteiger partial charge in [-0.2, -0.15) is 0 Å². The van der Waals surface area contributed by atoms with E-state index in [0.717, 1.165) is 42.6 Å². The van der Waals surface area contributed by atoms with Crippen LogP contribution in [0.2, 0.25) is 0 Å². The molecule has 2 aromatic carbocycles. The number of hydrogen-bond acceptors (Lipinski definition) is 4. The molecule has 2 fully saturated rings. The monoisotopic (exact) mass is 405 g/mol. The lowest BCUT2D eigenvalue weighted by atomic mass is 9.62. The highest BCUT2D eigenvalue weighted by molar-refractivity contribution is 5.84. The van der Waals surface area contributed by atoms with E-state index >= 15 is 0 Å². The van der Waals surface area contributed by atoms with Crippen molar-refractivity contribution in [2.75, 3.05) is 5.32 Å². The SMILES string of the molecule is CCC1CC2CC(CC(C)(OC(=O)Cc3ccc(Nc4ccccc4)cc3)C2)C1=O. The number of carbonyl (C=O) groups is 2. The van der Waals surface area contributed by atoms with Crippen LogP contribution in [-0.4, -0.2) is 17.4 Å². The van der Waals surface area contributed by atoms with Gasteiger partial charge in [-0.25, -0.2) is 0 Å². The van der Waals surface area contributed by atoms with Crippen molar-refractivity contribution in [1.82, 2.24) is 0 Å². The molecule has 0 amide bonds. The highest BCUT2D eigenvalue weighted by Gasteiger charge is 2.47. The summed E-state index contributed by atoms with van der Waals surface area (Å²) < 4.78 is 5.96. The molecule has 4 atom stereocenters. The van der Waals surface area contributed by atoms with Gasteiger partial charge in [0.05, 0.1) is 6.42 Å². The molecule has 4 rings (SSSR count). The Kier molecular flexibility index (Phi) is 5.94. The zero-order valence-electron chi connectivity index (χ0n) is 17.9. The number of benzene rings is 2. The average molecular weight is 406 g/mol. The zero-order chi connectivity index (χ0) is 21.1. The fourth-order valence-electron chi connectivity index (χ4n) is 5.36. The minimum atomic E-state index is -0.520. The number of esters is 1. The summed E-state index contributed by atoms with van der Waals surface area (Å²) in [6, 6.07) is 17.9. The maximum atomic E-state index is 12.7. The third-order valence-corrected chi connectivity index (χ3v) is 6.66.